The second kappa shape index (κ2) is 7.70. The largest absolute Gasteiger partial charge is 0.496 e. The number of nitrogens with zero attached hydrogens (tertiary/aromatic N) is 1. The van der Waals surface area contributed by atoms with E-state index in [4.69, 9.17) is 9.47 Å². The van der Waals surface area contributed by atoms with Gasteiger partial charge in [0.2, 0.25) is 0 Å². The highest BCUT2D eigenvalue weighted by Crippen LogP contribution is 2.44. The molecule has 0 saturated carbocycles. The van der Waals surface area contributed by atoms with Gasteiger partial charge in [-0.1, -0.05) is 36.4 Å². The number of methoxy groups -OCH3 is 1. The number of aryl methyl sites for hydroxylation is 1. The van der Waals surface area contributed by atoms with E-state index in [9.17, 15) is 4.79 Å². The molecular weight excluding hydrogens is 350 g/mol. The predicted molar refractivity (Wildman–Crippen MR) is 111 cm³/mol. The van der Waals surface area contributed by atoms with Gasteiger partial charge in [-0.3, -0.25) is 4.79 Å². The van der Waals surface area contributed by atoms with Crippen molar-refractivity contribution < 1.29 is 14.3 Å². The third-order valence-electron chi connectivity index (χ3n) is 5.75. The first-order chi connectivity index (χ1) is 13.7. The van der Waals surface area contributed by atoms with Crippen molar-refractivity contribution in [3.63, 3.8) is 0 Å². The summed E-state index contributed by atoms with van der Waals surface area (Å²) in [5.41, 5.74) is 5.97. The maximum Gasteiger partial charge on any atom is 0.313 e. The summed E-state index contributed by atoms with van der Waals surface area (Å²) in [7, 11) is 1.70. The maximum atomic E-state index is 12.8. The zero-order valence-corrected chi connectivity index (χ0v) is 16.8. The van der Waals surface area contributed by atoms with Crippen LogP contribution in [0.1, 0.15) is 48.1 Å². The van der Waals surface area contributed by atoms with Gasteiger partial charge in [-0.05, 0) is 55.9 Å². The van der Waals surface area contributed by atoms with E-state index in [1.165, 1.54) is 22.3 Å². The lowest BCUT2D eigenvalue weighted by Gasteiger charge is -2.23. The fourth-order valence-corrected chi connectivity index (χ4v) is 4.56. The number of aromatic nitrogens is 1. The fraction of sp³-hybridized carbons (Fsp3) is 0.375. The topological polar surface area (TPSA) is 40.5 Å². The maximum absolute atomic E-state index is 12.8. The van der Waals surface area contributed by atoms with Crippen LogP contribution in [0.25, 0.3) is 10.9 Å². The number of fused-ring (bicyclic) bond motifs is 3. The normalized spacial score (nSPS) is 16.0. The molecular formula is C24H27NO3. The van der Waals surface area contributed by atoms with Crippen LogP contribution in [0.2, 0.25) is 0 Å². The van der Waals surface area contributed by atoms with Gasteiger partial charge in [0.05, 0.1) is 25.2 Å². The van der Waals surface area contributed by atoms with Crippen LogP contribution >= 0.6 is 0 Å². The zero-order chi connectivity index (χ0) is 19.7. The third kappa shape index (κ3) is 3.07. The minimum Gasteiger partial charge on any atom is -0.496 e. The number of carbonyl (C=O) groups excluding carboxylic acids is 1. The number of benzene rings is 2. The monoisotopic (exact) mass is 377 g/mol. The Kier molecular flexibility index (Phi) is 5.12. The summed E-state index contributed by atoms with van der Waals surface area (Å²) in [6.45, 7) is 5.19. The van der Waals surface area contributed by atoms with E-state index in [2.05, 4.69) is 41.8 Å². The van der Waals surface area contributed by atoms with E-state index in [0.29, 0.717) is 6.61 Å². The Morgan fingerprint density at radius 3 is 2.68 bits per heavy atom. The van der Waals surface area contributed by atoms with Crippen molar-refractivity contribution in [3.05, 3.63) is 64.8 Å². The van der Waals surface area contributed by atoms with E-state index in [0.717, 1.165) is 42.5 Å². The van der Waals surface area contributed by atoms with Crippen molar-refractivity contribution >= 4 is 16.9 Å². The molecule has 0 bridgehead atoms. The van der Waals surface area contributed by atoms with Crippen molar-refractivity contribution in [2.45, 2.75) is 45.6 Å². The van der Waals surface area contributed by atoms with Crippen molar-refractivity contribution in [1.82, 2.24) is 4.57 Å². The van der Waals surface area contributed by atoms with Gasteiger partial charge in [-0.2, -0.15) is 0 Å². The molecule has 4 heteroatoms. The highest BCUT2D eigenvalue weighted by atomic mass is 16.5. The summed E-state index contributed by atoms with van der Waals surface area (Å²) in [4.78, 5) is 12.8. The van der Waals surface area contributed by atoms with E-state index in [1.54, 1.807) is 7.11 Å². The van der Waals surface area contributed by atoms with Crippen LogP contribution < -0.4 is 4.74 Å². The molecule has 0 spiro atoms. The first-order valence-electron chi connectivity index (χ1n) is 10.0. The molecule has 0 amide bonds. The van der Waals surface area contributed by atoms with E-state index in [-0.39, 0.29) is 11.9 Å². The lowest BCUT2D eigenvalue weighted by atomic mass is 9.84. The Labute approximate surface area is 166 Å². The molecule has 0 fully saturated rings. The minimum atomic E-state index is -0.223. The van der Waals surface area contributed by atoms with Crippen LogP contribution in [0.4, 0.5) is 0 Å². The standard InChI is InChI=1S/C24H27NO3/c1-4-28-24(26)18-11-8-12-19-21(18)22-20(27-3)14-13-16(2)23(22)25(19)15-17-9-6-5-7-10-17/h5-7,9-10,13-14,18H,4,8,11-12,15H2,1-3H3. The highest BCUT2D eigenvalue weighted by molar-refractivity contribution is 5.98. The van der Waals surface area contributed by atoms with Crippen molar-refractivity contribution in [1.29, 1.82) is 0 Å². The minimum absolute atomic E-state index is 0.120. The smallest absolute Gasteiger partial charge is 0.313 e. The molecule has 4 nitrogen and oxygen atoms in total. The number of hydrogen-bond acceptors (Lipinski definition) is 3. The summed E-state index contributed by atoms with van der Waals surface area (Å²) in [5, 5.41) is 1.08. The molecule has 3 aromatic rings. The Morgan fingerprint density at radius 1 is 1.18 bits per heavy atom. The lowest BCUT2D eigenvalue weighted by Crippen LogP contribution is -2.21. The molecule has 2 aromatic carbocycles. The predicted octanol–water partition coefficient (Wildman–Crippen LogP) is 4.99. The Balaban J connectivity index is 1.98. The van der Waals surface area contributed by atoms with Gasteiger partial charge in [0, 0.05) is 17.6 Å². The molecule has 0 radical (unpaired) electrons. The quantitative estimate of drug-likeness (QED) is 0.588. The van der Waals surface area contributed by atoms with Gasteiger partial charge in [-0.25, -0.2) is 0 Å². The molecule has 0 N–H and O–H groups in total. The van der Waals surface area contributed by atoms with E-state index in [1.807, 2.05) is 19.1 Å². The zero-order valence-electron chi connectivity index (χ0n) is 16.8. The Morgan fingerprint density at radius 2 is 1.96 bits per heavy atom. The molecule has 146 valence electrons. The summed E-state index contributed by atoms with van der Waals surface area (Å²) < 4.78 is 13.6. The van der Waals surface area contributed by atoms with Crippen molar-refractivity contribution in [2.75, 3.05) is 13.7 Å². The number of hydrogen-bond donors (Lipinski definition) is 0. The van der Waals surface area contributed by atoms with Gasteiger partial charge in [0.15, 0.2) is 0 Å². The molecule has 4 rings (SSSR count). The first-order valence-corrected chi connectivity index (χ1v) is 10.0. The van der Waals surface area contributed by atoms with E-state index < -0.39 is 0 Å². The van der Waals surface area contributed by atoms with Crippen LogP contribution in [0.15, 0.2) is 42.5 Å². The summed E-state index contributed by atoms with van der Waals surface area (Å²) in [5.74, 6) is 0.490. The molecule has 1 atom stereocenters. The Hall–Kier alpha value is -2.75. The van der Waals surface area contributed by atoms with Gasteiger partial charge in [0.1, 0.15) is 5.75 Å². The van der Waals surface area contributed by atoms with Crippen LogP contribution in [0.5, 0.6) is 5.75 Å². The molecule has 0 saturated heterocycles. The second-order valence-electron chi connectivity index (χ2n) is 7.44. The van der Waals surface area contributed by atoms with Crippen molar-refractivity contribution in [3.8, 4) is 5.75 Å². The fourth-order valence-electron chi connectivity index (χ4n) is 4.56. The average molecular weight is 377 g/mol. The molecule has 28 heavy (non-hydrogen) atoms. The molecule has 1 aromatic heterocycles. The lowest BCUT2D eigenvalue weighted by molar-refractivity contribution is -0.145. The van der Waals surface area contributed by atoms with Crippen LogP contribution in [-0.2, 0) is 22.5 Å². The molecule has 0 aliphatic heterocycles. The van der Waals surface area contributed by atoms with Crippen molar-refractivity contribution in [2.24, 2.45) is 0 Å². The SMILES string of the molecule is CCOC(=O)C1CCCc2c1c1c(OC)ccc(C)c1n2Cc1ccccc1. The van der Waals surface area contributed by atoms with Gasteiger partial charge in [-0.15, -0.1) is 0 Å². The average Bonchev–Trinajstić information content (AvgIpc) is 3.05. The number of carbonyl (C=O) groups is 1. The number of esters is 1. The van der Waals surface area contributed by atoms with E-state index >= 15 is 0 Å². The Bertz CT molecular complexity index is 1000. The summed E-state index contributed by atoms with van der Waals surface area (Å²) >= 11 is 0. The number of ether oxygens (including phenoxy) is 2. The molecule has 1 aliphatic carbocycles. The second-order valence-corrected chi connectivity index (χ2v) is 7.44. The van der Waals surface area contributed by atoms with Gasteiger partial charge >= 0.3 is 5.97 Å². The van der Waals surface area contributed by atoms with Gasteiger partial charge in [0.25, 0.3) is 0 Å². The van der Waals surface area contributed by atoms with Crippen LogP contribution in [-0.4, -0.2) is 24.3 Å². The van der Waals surface area contributed by atoms with Gasteiger partial charge < -0.3 is 14.0 Å². The summed E-state index contributed by atoms with van der Waals surface area (Å²) in [6.07, 6.45) is 2.78. The molecule has 1 aliphatic rings. The van der Waals surface area contributed by atoms with Crippen LogP contribution in [0, 0.1) is 6.92 Å². The summed E-state index contributed by atoms with van der Waals surface area (Å²) in [6, 6.07) is 14.6. The van der Waals surface area contributed by atoms with Crippen LogP contribution in [0.3, 0.4) is 0 Å². The highest BCUT2D eigenvalue weighted by Gasteiger charge is 2.34. The number of rotatable bonds is 5. The molecule has 1 heterocycles. The first kappa shape index (κ1) is 18.6. The third-order valence-corrected chi connectivity index (χ3v) is 5.75. The molecule has 1 unspecified atom stereocenters.